The van der Waals surface area contributed by atoms with Crippen molar-refractivity contribution in [3.05, 3.63) is 102 Å². The van der Waals surface area contributed by atoms with E-state index in [9.17, 15) is 14.4 Å². The van der Waals surface area contributed by atoms with Crippen LogP contribution in [0.15, 0.2) is 84.9 Å². The number of carbonyl (C=O) groups is 3. The molecule has 1 saturated heterocycles. The van der Waals surface area contributed by atoms with Crippen LogP contribution in [-0.2, 0) is 34.0 Å². The monoisotopic (exact) mass is 501 g/mol. The van der Waals surface area contributed by atoms with Crippen LogP contribution in [0.3, 0.4) is 0 Å². The van der Waals surface area contributed by atoms with Gasteiger partial charge in [0.25, 0.3) is 0 Å². The molecule has 37 heavy (non-hydrogen) atoms. The second kappa shape index (κ2) is 12.6. The van der Waals surface area contributed by atoms with E-state index in [1.165, 1.54) is 4.90 Å². The van der Waals surface area contributed by atoms with Crippen LogP contribution in [0.1, 0.15) is 29.5 Å². The molecule has 0 aliphatic carbocycles. The van der Waals surface area contributed by atoms with E-state index in [-0.39, 0.29) is 13.0 Å². The molecule has 2 atom stereocenters. The molecule has 0 unspecified atom stereocenters. The van der Waals surface area contributed by atoms with Gasteiger partial charge in [0, 0.05) is 13.0 Å². The third kappa shape index (κ3) is 7.33. The summed E-state index contributed by atoms with van der Waals surface area (Å²) >= 11 is 0. The van der Waals surface area contributed by atoms with Crippen LogP contribution in [0, 0.1) is 0 Å². The molecular weight excluding hydrogens is 470 g/mol. The molecule has 3 aromatic rings. The summed E-state index contributed by atoms with van der Waals surface area (Å²) in [5.74, 6) is -0.363. The van der Waals surface area contributed by atoms with E-state index in [2.05, 4.69) is 5.32 Å². The summed E-state index contributed by atoms with van der Waals surface area (Å²) in [4.78, 5) is 39.2. The predicted molar refractivity (Wildman–Crippen MR) is 138 cm³/mol. The Labute approximate surface area is 216 Å². The summed E-state index contributed by atoms with van der Waals surface area (Å²) in [6.07, 6.45) is 0.837. The molecule has 1 aliphatic rings. The highest BCUT2D eigenvalue weighted by Crippen LogP contribution is 2.20. The van der Waals surface area contributed by atoms with Crippen LogP contribution < -0.4 is 15.8 Å². The lowest BCUT2D eigenvalue weighted by atomic mass is 10.0. The van der Waals surface area contributed by atoms with Crippen molar-refractivity contribution in [1.82, 2.24) is 10.2 Å². The normalized spacial score (nSPS) is 15.6. The number of nitrogens with one attached hydrogen (secondary N) is 1. The summed E-state index contributed by atoms with van der Waals surface area (Å²) in [6.45, 7) is 0.989. The fraction of sp³-hybridized carbons (Fsp3) is 0.276. The van der Waals surface area contributed by atoms with Crippen molar-refractivity contribution in [1.29, 1.82) is 0 Å². The molecule has 0 saturated carbocycles. The van der Waals surface area contributed by atoms with Gasteiger partial charge in [-0.1, -0.05) is 72.8 Å². The molecule has 3 amide bonds. The fourth-order valence-electron chi connectivity index (χ4n) is 4.25. The maximum absolute atomic E-state index is 13.0. The lowest BCUT2D eigenvalue weighted by Crippen LogP contribution is -2.53. The largest absolute Gasteiger partial charge is 0.489 e. The van der Waals surface area contributed by atoms with Crippen LogP contribution in [0.5, 0.6) is 5.75 Å². The summed E-state index contributed by atoms with van der Waals surface area (Å²) in [6, 6.07) is 24.9. The number of nitrogens with two attached hydrogens (primary N) is 1. The third-order valence-corrected chi connectivity index (χ3v) is 6.27. The highest BCUT2D eigenvalue weighted by atomic mass is 16.6. The molecule has 1 heterocycles. The van der Waals surface area contributed by atoms with Gasteiger partial charge in [0.05, 0.1) is 0 Å². The lowest BCUT2D eigenvalue weighted by Gasteiger charge is -2.25. The molecule has 1 aliphatic heterocycles. The van der Waals surface area contributed by atoms with E-state index in [1.54, 1.807) is 0 Å². The van der Waals surface area contributed by atoms with E-state index >= 15 is 0 Å². The Bertz CT molecular complexity index is 1190. The standard InChI is InChI=1S/C29H31N3O5/c30-27(33)25(18-21-13-15-24(16-14-21)36-19-22-8-3-1-4-9-22)31-28(34)26-12-7-17-32(26)29(35)37-20-23-10-5-2-6-11-23/h1-6,8-11,13-16,25-26H,7,12,17-20H2,(H2,30,33)(H,31,34)/t25-,26+/m0/s1. The van der Waals surface area contributed by atoms with E-state index in [0.717, 1.165) is 16.7 Å². The highest BCUT2D eigenvalue weighted by molar-refractivity contribution is 5.91. The van der Waals surface area contributed by atoms with Gasteiger partial charge in [0.1, 0.15) is 31.0 Å². The summed E-state index contributed by atoms with van der Waals surface area (Å²) in [7, 11) is 0. The Morgan fingerprint density at radius 1 is 0.865 bits per heavy atom. The maximum Gasteiger partial charge on any atom is 0.410 e. The minimum atomic E-state index is -0.911. The van der Waals surface area contributed by atoms with Crippen LogP contribution >= 0.6 is 0 Å². The van der Waals surface area contributed by atoms with Crippen molar-refractivity contribution in [2.75, 3.05) is 6.54 Å². The zero-order chi connectivity index (χ0) is 26.0. The number of primary amides is 1. The van der Waals surface area contributed by atoms with Crippen LogP contribution in [-0.4, -0.2) is 41.4 Å². The van der Waals surface area contributed by atoms with Gasteiger partial charge in [0.15, 0.2) is 0 Å². The molecule has 8 nitrogen and oxygen atoms in total. The fourth-order valence-corrected chi connectivity index (χ4v) is 4.25. The SMILES string of the molecule is NC(=O)[C@H](Cc1ccc(OCc2ccccc2)cc1)NC(=O)[C@H]1CCCN1C(=O)OCc1ccccc1. The predicted octanol–water partition coefficient (Wildman–Crippen LogP) is 3.58. The van der Waals surface area contributed by atoms with Crippen LogP contribution in [0.2, 0.25) is 0 Å². The molecule has 192 valence electrons. The molecule has 3 aromatic carbocycles. The van der Waals surface area contributed by atoms with Crippen LogP contribution in [0.25, 0.3) is 0 Å². The number of hydrogen-bond acceptors (Lipinski definition) is 5. The zero-order valence-corrected chi connectivity index (χ0v) is 20.5. The van der Waals surface area contributed by atoms with Gasteiger partial charge < -0.3 is 20.5 Å². The van der Waals surface area contributed by atoms with Crippen LogP contribution in [0.4, 0.5) is 4.79 Å². The number of ether oxygens (including phenoxy) is 2. The first kappa shape index (κ1) is 25.8. The number of benzene rings is 3. The number of rotatable bonds is 10. The number of nitrogens with zero attached hydrogens (tertiary/aromatic N) is 1. The van der Waals surface area contributed by atoms with Crippen molar-refractivity contribution in [3.8, 4) is 5.75 Å². The van der Waals surface area contributed by atoms with Gasteiger partial charge in [-0.2, -0.15) is 0 Å². The van der Waals surface area contributed by atoms with E-state index in [0.29, 0.717) is 31.7 Å². The third-order valence-electron chi connectivity index (χ3n) is 6.27. The Hall–Kier alpha value is -4.33. The minimum Gasteiger partial charge on any atom is -0.489 e. The summed E-state index contributed by atoms with van der Waals surface area (Å²) < 4.78 is 11.2. The van der Waals surface area contributed by atoms with Gasteiger partial charge in [0.2, 0.25) is 11.8 Å². The topological polar surface area (TPSA) is 111 Å². The molecule has 0 radical (unpaired) electrons. The van der Waals surface area contributed by atoms with Crippen molar-refractivity contribution in [2.24, 2.45) is 5.73 Å². The molecule has 4 rings (SSSR count). The van der Waals surface area contributed by atoms with Crippen molar-refractivity contribution >= 4 is 17.9 Å². The first-order valence-corrected chi connectivity index (χ1v) is 12.3. The molecule has 1 fully saturated rings. The minimum absolute atomic E-state index is 0.124. The van der Waals surface area contributed by atoms with Crippen molar-refractivity contribution in [3.63, 3.8) is 0 Å². The van der Waals surface area contributed by atoms with Gasteiger partial charge in [-0.15, -0.1) is 0 Å². The smallest absolute Gasteiger partial charge is 0.410 e. The Morgan fingerprint density at radius 2 is 1.49 bits per heavy atom. The Balaban J connectivity index is 1.30. The van der Waals surface area contributed by atoms with Gasteiger partial charge >= 0.3 is 6.09 Å². The molecule has 0 spiro atoms. The highest BCUT2D eigenvalue weighted by Gasteiger charge is 2.36. The number of amides is 3. The summed E-state index contributed by atoms with van der Waals surface area (Å²) in [5, 5.41) is 2.73. The lowest BCUT2D eigenvalue weighted by molar-refractivity contribution is -0.130. The second-order valence-electron chi connectivity index (χ2n) is 8.98. The van der Waals surface area contributed by atoms with Crippen molar-refractivity contribution < 1.29 is 23.9 Å². The zero-order valence-electron chi connectivity index (χ0n) is 20.5. The molecule has 0 aromatic heterocycles. The average molecular weight is 502 g/mol. The van der Waals surface area contributed by atoms with E-state index < -0.39 is 30.0 Å². The number of hydrogen-bond donors (Lipinski definition) is 2. The van der Waals surface area contributed by atoms with Gasteiger partial charge in [-0.3, -0.25) is 14.5 Å². The number of likely N-dealkylation sites (tertiary alicyclic amines) is 1. The molecule has 3 N–H and O–H groups in total. The Morgan fingerprint density at radius 3 is 2.11 bits per heavy atom. The first-order valence-electron chi connectivity index (χ1n) is 12.3. The molecule has 8 heteroatoms. The van der Waals surface area contributed by atoms with E-state index in [1.807, 2.05) is 84.9 Å². The van der Waals surface area contributed by atoms with Gasteiger partial charge in [-0.05, 0) is 41.7 Å². The number of carbonyl (C=O) groups excluding carboxylic acids is 3. The summed E-state index contributed by atoms with van der Waals surface area (Å²) in [5.41, 5.74) is 8.34. The Kier molecular flexibility index (Phi) is 8.75. The molecular formula is C29H31N3O5. The van der Waals surface area contributed by atoms with Crippen molar-refractivity contribution in [2.45, 2.75) is 44.6 Å². The quantitative estimate of drug-likeness (QED) is 0.441. The van der Waals surface area contributed by atoms with Gasteiger partial charge in [-0.25, -0.2) is 4.79 Å². The second-order valence-corrected chi connectivity index (χ2v) is 8.98. The first-order chi connectivity index (χ1) is 18.0. The van der Waals surface area contributed by atoms with E-state index in [4.69, 9.17) is 15.2 Å². The average Bonchev–Trinajstić information content (AvgIpc) is 3.42. The molecule has 0 bridgehead atoms. The maximum atomic E-state index is 13.0.